The topological polar surface area (TPSA) is 89.5 Å². The summed E-state index contributed by atoms with van der Waals surface area (Å²) in [5.41, 5.74) is -0.462. The van der Waals surface area contributed by atoms with Crippen LogP contribution in [0.2, 0.25) is 0 Å². The summed E-state index contributed by atoms with van der Waals surface area (Å²) >= 11 is 4.33. The Bertz CT molecular complexity index is 443. The first-order valence-electron chi connectivity index (χ1n) is 5.62. The molecule has 0 aliphatic rings. The molecule has 20 heavy (non-hydrogen) atoms. The molecule has 0 aliphatic heterocycles. The fourth-order valence-corrected chi connectivity index (χ4v) is 2.54. The average Bonchev–Trinajstić information content (AvgIpc) is 2.38. The molecule has 0 aromatic carbocycles. The van der Waals surface area contributed by atoms with Gasteiger partial charge in [-0.15, -0.1) is 0 Å². The third kappa shape index (κ3) is 6.15. The second kappa shape index (κ2) is 10.1. The van der Waals surface area contributed by atoms with Gasteiger partial charge in [0.05, 0.1) is 15.9 Å². The zero-order valence-corrected chi connectivity index (χ0v) is 15.2. The van der Waals surface area contributed by atoms with Crippen molar-refractivity contribution in [1.82, 2.24) is 4.90 Å². The first-order valence-corrected chi connectivity index (χ1v) is 8.67. The number of alkyl halides is 2. The molecule has 0 aromatic heterocycles. The third-order valence-corrected chi connectivity index (χ3v) is 3.34. The zero-order valence-electron chi connectivity index (χ0n) is 10.9. The predicted octanol–water partition coefficient (Wildman–Crippen LogP) is 3.01. The van der Waals surface area contributed by atoms with Gasteiger partial charge in [0, 0.05) is 21.9 Å². The van der Waals surface area contributed by atoms with Crippen LogP contribution in [0.15, 0.2) is 35.8 Å². The summed E-state index contributed by atoms with van der Waals surface area (Å²) in [6, 6.07) is 0. The maximum Gasteiger partial charge on any atom is 0.298 e. The molecule has 7 nitrogen and oxygen atoms in total. The van der Waals surface area contributed by atoms with Crippen LogP contribution in [0.25, 0.3) is 0 Å². The molecule has 0 rings (SSSR count). The lowest BCUT2D eigenvalue weighted by Gasteiger charge is -2.23. The van der Waals surface area contributed by atoms with E-state index in [-0.39, 0.29) is 17.1 Å². The molecular weight excluding hydrogens is 492 g/mol. The Morgan fingerprint density at radius 3 is 2.00 bits per heavy atom. The summed E-state index contributed by atoms with van der Waals surface area (Å²) in [5, 5.41) is 21.9. The van der Waals surface area contributed by atoms with Crippen molar-refractivity contribution in [3.05, 3.63) is 56.1 Å². The summed E-state index contributed by atoms with van der Waals surface area (Å²) < 4.78 is 1.56. The van der Waals surface area contributed by atoms with Gasteiger partial charge in [-0.3, -0.25) is 20.2 Å². The van der Waals surface area contributed by atoms with Crippen molar-refractivity contribution in [3.63, 3.8) is 0 Å². The number of rotatable bonds is 9. The SMILES string of the molecule is C=C(/C(=C\C(=C/C)[N+](=O)[O-])[N+](=O)[O-])N(CCI)CCI. The molecule has 0 radical (unpaired) electrons. The van der Waals surface area contributed by atoms with Crippen molar-refractivity contribution in [2.45, 2.75) is 6.92 Å². The number of nitro groups is 2. The van der Waals surface area contributed by atoms with E-state index < -0.39 is 9.85 Å². The van der Waals surface area contributed by atoms with Crippen LogP contribution in [-0.2, 0) is 0 Å². The fourth-order valence-electron chi connectivity index (χ4n) is 1.37. The highest BCUT2D eigenvalue weighted by molar-refractivity contribution is 14.1. The van der Waals surface area contributed by atoms with Gasteiger partial charge in [-0.05, 0) is 13.0 Å². The summed E-state index contributed by atoms with van der Waals surface area (Å²) in [7, 11) is 0. The third-order valence-electron chi connectivity index (χ3n) is 2.37. The van der Waals surface area contributed by atoms with Crippen LogP contribution in [0.5, 0.6) is 0 Å². The van der Waals surface area contributed by atoms with E-state index in [1.165, 1.54) is 13.0 Å². The molecule has 0 amide bonds. The van der Waals surface area contributed by atoms with E-state index in [1.807, 2.05) is 0 Å². The van der Waals surface area contributed by atoms with Gasteiger partial charge in [0.2, 0.25) is 0 Å². The molecule has 0 heterocycles. The number of hydrogen-bond donors (Lipinski definition) is 0. The van der Waals surface area contributed by atoms with Crippen LogP contribution in [-0.4, -0.2) is 36.7 Å². The molecule has 0 spiro atoms. The molecule has 112 valence electrons. The average molecular weight is 507 g/mol. The van der Waals surface area contributed by atoms with Crippen LogP contribution >= 0.6 is 45.2 Å². The minimum Gasteiger partial charge on any atom is -0.365 e. The second-order valence-corrected chi connectivity index (χ2v) is 5.73. The Morgan fingerprint density at radius 2 is 1.70 bits per heavy atom. The molecule has 0 bridgehead atoms. The van der Waals surface area contributed by atoms with E-state index >= 15 is 0 Å². The fraction of sp³-hybridized carbons (Fsp3) is 0.455. The van der Waals surface area contributed by atoms with E-state index in [2.05, 4.69) is 51.8 Å². The van der Waals surface area contributed by atoms with Crippen molar-refractivity contribution in [2.75, 3.05) is 21.9 Å². The second-order valence-electron chi connectivity index (χ2n) is 3.57. The van der Waals surface area contributed by atoms with Gasteiger partial charge in [0.25, 0.3) is 11.4 Å². The minimum absolute atomic E-state index is 0.199. The summed E-state index contributed by atoms with van der Waals surface area (Å²) in [4.78, 5) is 22.4. The van der Waals surface area contributed by atoms with E-state index in [0.29, 0.717) is 13.1 Å². The van der Waals surface area contributed by atoms with Crippen molar-refractivity contribution in [2.24, 2.45) is 0 Å². The first-order chi connectivity index (χ1) is 9.38. The maximum absolute atomic E-state index is 11.1. The van der Waals surface area contributed by atoms with E-state index in [4.69, 9.17) is 0 Å². The molecule has 0 unspecified atom stereocenters. The number of nitrogens with zero attached hydrogens (tertiary/aromatic N) is 3. The highest BCUT2D eigenvalue weighted by Gasteiger charge is 2.24. The number of hydrogen-bond acceptors (Lipinski definition) is 5. The van der Waals surface area contributed by atoms with Crippen molar-refractivity contribution in [3.8, 4) is 0 Å². The Morgan fingerprint density at radius 1 is 1.20 bits per heavy atom. The minimum atomic E-state index is -0.655. The predicted molar refractivity (Wildman–Crippen MR) is 94.3 cm³/mol. The van der Waals surface area contributed by atoms with Crippen LogP contribution < -0.4 is 0 Å². The molecule has 0 atom stereocenters. The molecule has 0 aliphatic carbocycles. The van der Waals surface area contributed by atoms with E-state index in [0.717, 1.165) is 14.9 Å². The molecule has 0 fully saturated rings. The van der Waals surface area contributed by atoms with Crippen LogP contribution in [0, 0.1) is 20.2 Å². The van der Waals surface area contributed by atoms with Crippen LogP contribution in [0.4, 0.5) is 0 Å². The molecule has 0 aromatic rings. The zero-order chi connectivity index (χ0) is 15.7. The standard InChI is InChI=1S/C11H15I2N3O4/c1-3-10(15(17)18)8-11(16(19)20)9(2)14(6-4-12)7-5-13/h3,8H,2,4-7H2,1H3/b10-3+,11-8+. The summed E-state index contributed by atoms with van der Waals surface area (Å²) in [5.74, 6) is 0. The molecule has 9 heteroatoms. The van der Waals surface area contributed by atoms with E-state index in [9.17, 15) is 20.2 Å². The van der Waals surface area contributed by atoms with Gasteiger partial charge in [-0.25, -0.2) is 0 Å². The summed E-state index contributed by atoms with van der Waals surface area (Å²) in [6.07, 6.45) is 2.17. The lowest BCUT2D eigenvalue weighted by molar-refractivity contribution is -0.432. The molecule has 0 saturated carbocycles. The van der Waals surface area contributed by atoms with Gasteiger partial charge in [-0.1, -0.05) is 51.8 Å². The highest BCUT2D eigenvalue weighted by Crippen LogP contribution is 2.17. The van der Waals surface area contributed by atoms with Gasteiger partial charge < -0.3 is 4.90 Å². The first kappa shape index (κ1) is 19.3. The number of halogens is 2. The van der Waals surface area contributed by atoms with Gasteiger partial charge in [0.15, 0.2) is 0 Å². The normalized spacial score (nSPS) is 12.2. The van der Waals surface area contributed by atoms with Gasteiger partial charge in [0.1, 0.15) is 5.70 Å². The number of allylic oxidation sites excluding steroid dienone is 2. The smallest absolute Gasteiger partial charge is 0.298 e. The van der Waals surface area contributed by atoms with Crippen LogP contribution in [0.3, 0.4) is 0 Å². The van der Waals surface area contributed by atoms with Gasteiger partial charge >= 0.3 is 0 Å². The molecular formula is C11H15I2N3O4. The molecule has 0 saturated heterocycles. The van der Waals surface area contributed by atoms with E-state index in [1.54, 1.807) is 4.90 Å². The lowest BCUT2D eigenvalue weighted by Crippen LogP contribution is -2.29. The lowest BCUT2D eigenvalue weighted by atomic mass is 10.2. The Hall–Kier alpha value is -0.720. The molecule has 0 N–H and O–H groups in total. The maximum atomic E-state index is 11.1. The van der Waals surface area contributed by atoms with Crippen molar-refractivity contribution < 1.29 is 9.85 Å². The largest absolute Gasteiger partial charge is 0.365 e. The Kier molecular flexibility index (Phi) is 9.71. The van der Waals surface area contributed by atoms with Crippen LogP contribution in [0.1, 0.15) is 6.92 Å². The monoisotopic (exact) mass is 507 g/mol. The Balaban J connectivity index is 5.46. The Labute approximate surface area is 144 Å². The van der Waals surface area contributed by atoms with Crippen molar-refractivity contribution >= 4 is 45.2 Å². The summed E-state index contributed by atoms with van der Waals surface area (Å²) in [6.45, 7) is 6.40. The van der Waals surface area contributed by atoms with Gasteiger partial charge in [-0.2, -0.15) is 0 Å². The van der Waals surface area contributed by atoms with Crippen molar-refractivity contribution in [1.29, 1.82) is 0 Å². The quantitative estimate of drug-likeness (QED) is 0.158. The highest BCUT2D eigenvalue weighted by atomic mass is 127.